The van der Waals surface area contributed by atoms with E-state index in [0.717, 1.165) is 17.5 Å². The quantitative estimate of drug-likeness (QED) is 0.629. The number of hydrogen-bond donors (Lipinski definition) is 3. The highest BCUT2D eigenvalue weighted by Crippen LogP contribution is 2.16. The van der Waals surface area contributed by atoms with Crippen molar-refractivity contribution in [3.8, 4) is 0 Å². The monoisotopic (exact) mass is 326 g/mol. The Kier molecular flexibility index (Phi) is 4.83. The topological polar surface area (TPSA) is 69.8 Å². The van der Waals surface area contributed by atoms with Gasteiger partial charge in [-0.1, -0.05) is 36.4 Å². The number of para-hydroxylation sites is 2. The van der Waals surface area contributed by atoms with Crippen LogP contribution in [0.4, 0.5) is 4.79 Å². The third-order valence-corrected chi connectivity index (χ3v) is 4.22. The van der Waals surface area contributed by atoms with Crippen LogP contribution in [-0.2, 0) is 6.42 Å². The third kappa shape index (κ3) is 4.04. The molecule has 1 heterocycles. The maximum atomic E-state index is 11.8. The number of nitrogens with one attached hydrogen (secondary N) is 3. The molecule has 2 amide bonds. The lowest BCUT2D eigenvalue weighted by atomic mass is 10.1. The number of aromatic nitrogens is 2. The van der Waals surface area contributed by atoms with Gasteiger partial charge in [0.25, 0.3) is 0 Å². The Morgan fingerprint density at radius 3 is 2.78 bits per heavy atom. The second-order valence-electron chi connectivity index (χ2n) is 5.20. The van der Waals surface area contributed by atoms with Gasteiger partial charge in [-0.05, 0) is 36.6 Å². The van der Waals surface area contributed by atoms with Gasteiger partial charge >= 0.3 is 6.03 Å². The molecule has 0 spiro atoms. The Bertz CT molecular complexity index is 782. The number of hydrogen-bond acceptors (Lipinski definition) is 3. The normalized spacial score (nSPS) is 10.7. The highest BCUT2D eigenvalue weighted by atomic mass is 32.2. The zero-order valence-electron chi connectivity index (χ0n) is 12.8. The lowest BCUT2D eigenvalue weighted by Crippen LogP contribution is -2.32. The molecule has 3 rings (SSSR count). The maximum Gasteiger partial charge on any atom is 0.325 e. The summed E-state index contributed by atoms with van der Waals surface area (Å²) in [5.74, 6) is 0. The SMILES string of the molecule is Cc1ccccc1CCNC(=O)NSc1nc2ccccc2[nH]1. The molecule has 0 fully saturated rings. The summed E-state index contributed by atoms with van der Waals surface area (Å²) in [5, 5.41) is 3.52. The molecule has 3 aromatic rings. The lowest BCUT2D eigenvalue weighted by molar-refractivity contribution is 0.246. The van der Waals surface area contributed by atoms with Crippen LogP contribution in [0, 0.1) is 6.92 Å². The molecule has 0 unspecified atom stereocenters. The van der Waals surface area contributed by atoms with Crippen molar-refractivity contribution in [2.45, 2.75) is 18.5 Å². The predicted octanol–water partition coefficient (Wildman–Crippen LogP) is 3.42. The van der Waals surface area contributed by atoms with Crippen molar-refractivity contribution in [3.05, 3.63) is 59.7 Å². The molecule has 1 aromatic heterocycles. The summed E-state index contributed by atoms with van der Waals surface area (Å²) in [4.78, 5) is 19.4. The molecule has 0 aliphatic heterocycles. The number of carbonyl (C=O) groups excluding carboxylic acids is 1. The van der Waals surface area contributed by atoms with E-state index in [2.05, 4.69) is 39.1 Å². The van der Waals surface area contributed by atoms with Gasteiger partial charge in [-0.3, -0.25) is 4.72 Å². The second-order valence-corrected chi connectivity index (χ2v) is 5.99. The Morgan fingerprint density at radius 2 is 1.96 bits per heavy atom. The van der Waals surface area contributed by atoms with E-state index in [1.807, 2.05) is 36.4 Å². The van der Waals surface area contributed by atoms with Crippen LogP contribution in [0.2, 0.25) is 0 Å². The zero-order chi connectivity index (χ0) is 16.1. The molecule has 0 saturated heterocycles. The summed E-state index contributed by atoms with van der Waals surface area (Å²) >= 11 is 1.17. The smallest absolute Gasteiger partial charge is 0.325 e. The number of urea groups is 1. The van der Waals surface area contributed by atoms with E-state index in [0.29, 0.717) is 11.7 Å². The molecule has 0 atom stereocenters. The molecular formula is C17H18N4OS. The number of benzene rings is 2. The first-order valence-electron chi connectivity index (χ1n) is 7.42. The average molecular weight is 326 g/mol. The number of fused-ring (bicyclic) bond motifs is 1. The van der Waals surface area contributed by atoms with E-state index in [1.54, 1.807) is 0 Å². The molecule has 0 bridgehead atoms. The first-order chi connectivity index (χ1) is 11.2. The average Bonchev–Trinajstić information content (AvgIpc) is 2.98. The van der Waals surface area contributed by atoms with Crippen LogP contribution in [0.15, 0.2) is 53.7 Å². The molecule has 118 valence electrons. The number of aryl methyl sites for hydroxylation is 1. The molecule has 23 heavy (non-hydrogen) atoms. The van der Waals surface area contributed by atoms with Crippen molar-refractivity contribution < 1.29 is 4.79 Å². The van der Waals surface area contributed by atoms with Crippen LogP contribution in [0.1, 0.15) is 11.1 Å². The van der Waals surface area contributed by atoms with Gasteiger partial charge in [0, 0.05) is 18.5 Å². The van der Waals surface area contributed by atoms with E-state index >= 15 is 0 Å². The van der Waals surface area contributed by atoms with Crippen molar-refractivity contribution in [1.29, 1.82) is 0 Å². The minimum absolute atomic E-state index is 0.218. The number of rotatable bonds is 5. The zero-order valence-corrected chi connectivity index (χ0v) is 13.6. The number of nitrogens with zero attached hydrogens (tertiary/aromatic N) is 1. The van der Waals surface area contributed by atoms with Crippen LogP contribution in [-0.4, -0.2) is 22.5 Å². The summed E-state index contributed by atoms with van der Waals surface area (Å²) < 4.78 is 2.73. The largest absolute Gasteiger partial charge is 0.337 e. The summed E-state index contributed by atoms with van der Waals surface area (Å²) in [5.41, 5.74) is 4.33. The number of imidazole rings is 1. The first-order valence-corrected chi connectivity index (χ1v) is 8.24. The first kappa shape index (κ1) is 15.4. The van der Waals surface area contributed by atoms with Gasteiger partial charge in [-0.15, -0.1) is 0 Å². The fourth-order valence-electron chi connectivity index (χ4n) is 2.31. The van der Waals surface area contributed by atoms with E-state index in [9.17, 15) is 4.79 Å². The minimum atomic E-state index is -0.218. The van der Waals surface area contributed by atoms with Gasteiger partial charge in [-0.2, -0.15) is 0 Å². The van der Waals surface area contributed by atoms with Crippen molar-refractivity contribution in [2.24, 2.45) is 0 Å². The molecule has 0 aliphatic carbocycles. The van der Waals surface area contributed by atoms with Crippen molar-refractivity contribution in [2.75, 3.05) is 6.54 Å². The van der Waals surface area contributed by atoms with Crippen LogP contribution >= 0.6 is 11.9 Å². The Morgan fingerprint density at radius 1 is 1.17 bits per heavy atom. The molecule has 6 heteroatoms. The fraction of sp³-hybridized carbons (Fsp3) is 0.176. The number of aromatic amines is 1. The molecular weight excluding hydrogens is 308 g/mol. The van der Waals surface area contributed by atoms with Crippen LogP contribution in [0.3, 0.4) is 0 Å². The molecule has 0 aliphatic rings. The molecule has 5 nitrogen and oxygen atoms in total. The second kappa shape index (κ2) is 7.19. The van der Waals surface area contributed by atoms with E-state index < -0.39 is 0 Å². The standard InChI is InChI=1S/C17H18N4OS/c1-12-6-2-3-7-13(12)10-11-18-16(22)21-23-17-19-14-8-4-5-9-15(14)20-17/h2-9H,10-11H2,1H3,(H,19,20)(H2,18,21,22). The highest BCUT2D eigenvalue weighted by molar-refractivity contribution is 7.97. The van der Waals surface area contributed by atoms with E-state index in [-0.39, 0.29) is 6.03 Å². The minimum Gasteiger partial charge on any atom is -0.337 e. The predicted molar refractivity (Wildman–Crippen MR) is 93.4 cm³/mol. The summed E-state index contributed by atoms with van der Waals surface area (Å²) in [6.07, 6.45) is 0.815. The van der Waals surface area contributed by atoms with Crippen molar-refractivity contribution in [1.82, 2.24) is 20.0 Å². The van der Waals surface area contributed by atoms with Gasteiger partial charge in [0.2, 0.25) is 0 Å². The van der Waals surface area contributed by atoms with Crippen LogP contribution in [0.5, 0.6) is 0 Å². The Balaban J connectivity index is 1.45. The number of amides is 2. The van der Waals surface area contributed by atoms with Gasteiger partial charge in [0.1, 0.15) is 0 Å². The maximum absolute atomic E-state index is 11.8. The lowest BCUT2D eigenvalue weighted by Gasteiger charge is -2.07. The highest BCUT2D eigenvalue weighted by Gasteiger charge is 2.06. The van der Waals surface area contributed by atoms with Gasteiger partial charge in [-0.25, -0.2) is 9.78 Å². The summed E-state index contributed by atoms with van der Waals surface area (Å²) in [6, 6.07) is 15.7. The number of H-pyrrole nitrogens is 1. The number of carbonyl (C=O) groups is 1. The van der Waals surface area contributed by atoms with Crippen LogP contribution in [0.25, 0.3) is 11.0 Å². The summed E-state index contributed by atoms with van der Waals surface area (Å²) in [6.45, 7) is 2.67. The third-order valence-electron chi connectivity index (χ3n) is 3.55. The Labute approximate surface area is 139 Å². The van der Waals surface area contributed by atoms with E-state index in [1.165, 1.54) is 23.1 Å². The molecule has 3 N–H and O–H groups in total. The van der Waals surface area contributed by atoms with Crippen molar-refractivity contribution in [3.63, 3.8) is 0 Å². The van der Waals surface area contributed by atoms with Gasteiger partial charge in [0.15, 0.2) is 5.16 Å². The Hall–Kier alpha value is -2.47. The van der Waals surface area contributed by atoms with Gasteiger partial charge < -0.3 is 10.3 Å². The van der Waals surface area contributed by atoms with Gasteiger partial charge in [0.05, 0.1) is 11.0 Å². The molecule has 0 radical (unpaired) electrons. The molecule has 2 aromatic carbocycles. The van der Waals surface area contributed by atoms with Crippen molar-refractivity contribution >= 4 is 29.0 Å². The van der Waals surface area contributed by atoms with Crippen LogP contribution < -0.4 is 10.0 Å². The van der Waals surface area contributed by atoms with E-state index in [4.69, 9.17) is 0 Å². The fourth-order valence-corrected chi connectivity index (χ4v) is 2.88. The molecule has 0 saturated carbocycles. The summed E-state index contributed by atoms with van der Waals surface area (Å²) in [7, 11) is 0.